The van der Waals surface area contributed by atoms with E-state index in [2.05, 4.69) is 0 Å². The van der Waals surface area contributed by atoms with E-state index in [1.54, 1.807) is 0 Å². The minimum absolute atomic E-state index is 0. The second-order valence-electron chi connectivity index (χ2n) is 2.75. The van der Waals surface area contributed by atoms with E-state index in [9.17, 15) is 14.2 Å². The van der Waals surface area contributed by atoms with Crippen LogP contribution >= 0.6 is 15.2 Å². The first-order chi connectivity index (χ1) is 6.06. The molecule has 13 heteroatoms. The van der Waals surface area contributed by atoms with Gasteiger partial charge in [0.1, 0.15) is 0 Å². The fourth-order valence-corrected chi connectivity index (χ4v) is 3.06. The second-order valence-corrected chi connectivity index (χ2v) is 6.76. The van der Waals surface area contributed by atoms with Gasteiger partial charge in [0.15, 0.2) is 0 Å². The Hall–Kier alpha value is 0.1000. The maximum absolute atomic E-state index is 10.7. The van der Waals surface area contributed by atoms with E-state index < -0.39 is 26.7 Å². The van der Waals surface area contributed by atoms with Gasteiger partial charge in [0.25, 0.3) is 5.08 Å². The van der Waals surface area contributed by atoms with Crippen LogP contribution in [-0.2, 0) is 9.13 Å². The molecule has 0 aromatic heterocycles. The van der Waals surface area contributed by atoms with Gasteiger partial charge < -0.3 is 46.8 Å². The zero-order valence-corrected chi connectivity index (χ0v) is 10.4. The number of aliphatic hydroxyl groups is 1. The maximum atomic E-state index is 10.7. The summed E-state index contributed by atoms with van der Waals surface area (Å²) in [6.45, 7) is -0.0394. The Balaban J connectivity index is -0.000000282. The molecule has 0 aromatic carbocycles. The van der Waals surface area contributed by atoms with Gasteiger partial charge in [0.2, 0.25) is 0 Å². The Morgan fingerprint density at radius 2 is 1.24 bits per heavy atom. The SMILES string of the molecule is NCCCC(O)(P(=O)(O)O)P(=O)(O)O.O.O.O. The van der Waals surface area contributed by atoms with Gasteiger partial charge >= 0.3 is 15.2 Å². The van der Waals surface area contributed by atoms with E-state index in [1.165, 1.54) is 0 Å². The molecule has 0 aliphatic heterocycles. The van der Waals surface area contributed by atoms with Crippen LogP contribution in [0.4, 0.5) is 0 Å². The Labute approximate surface area is 96.5 Å². The molecule has 0 amide bonds. The van der Waals surface area contributed by atoms with Crippen molar-refractivity contribution in [3.63, 3.8) is 0 Å². The molecule has 0 fully saturated rings. The highest BCUT2D eigenvalue weighted by Crippen LogP contribution is 2.69. The molecule has 0 spiro atoms. The third kappa shape index (κ3) is 6.00. The monoisotopic (exact) mass is 303 g/mol. The molecule has 11 nitrogen and oxygen atoms in total. The summed E-state index contributed by atoms with van der Waals surface area (Å²) < 4.78 is 21.4. The summed E-state index contributed by atoms with van der Waals surface area (Å²) in [4.78, 5) is 34.5. The second kappa shape index (κ2) is 8.25. The highest BCUT2D eigenvalue weighted by atomic mass is 31.2. The van der Waals surface area contributed by atoms with Crippen molar-refractivity contribution >= 4 is 15.2 Å². The van der Waals surface area contributed by atoms with E-state index in [1.807, 2.05) is 0 Å². The quantitative estimate of drug-likeness (QED) is 0.274. The Morgan fingerprint density at radius 3 is 1.41 bits per heavy atom. The first kappa shape index (κ1) is 25.8. The molecule has 0 bridgehead atoms. The fraction of sp³-hybridized carbons (Fsp3) is 1.00. The van der Waals surface area contributed by atoms with Crippen LogP contribution in [0.3, 0.4) is 0 Å². The standard InChI is InChI=1S/C4H13NO7P2.3H2O/c5-3-1-2-4(6,13(7,8)9)14(10,11)12;;;/h6H,1-3,5H2,(H2,7,8,9)(H2,10,11,12);3*1H2. The first-order valence-electron chi connectivity index (χ1n) is 3.60. The van der Waals surface area contributed by atoms with Crippen LogP contribution in [-0.4, -0.2) is 52.7 Å². The van der Waals surface area contributed by atoms with Crippen molar-refractivity contribution in [1.82, 2.24) is 0 Å². The Morgan fingerprint density at radius 1 is 0.941 bits per heavy atom. The van der Waals surface area contributed by atoms with Crippen LogP contribution in [0.1, 0.15) is 12.8 Å². The van der Waals surface area contributed by atoms with E-state index in [-0.39, 0.29) is 29.4 Å². The molecule has 110 valence electrons. The summed E-state index contributed by atoms with van der Waals surface area (Å²) >= 11 is 0. The minimum atomic E-state index is -5.30. The highest BCUT2D eigenvalue weighted by Gasteiger charge is 2.58. The average Bonchev–Trinajstić information content (AvgIpc) is 1.95. The summed E-state index contributed by atoms with van der Waals surface area (Å²) in [6, 6.07) is 0. The van der Waals surface area contributed by atoms with E-state index in [0.717, 1.165) is 0 Å². The van der Waals surface area contributed by atoms with E-state index in [0.29, 0.717) is 0 Å². The van der Waals surface area contributed by atoms with Crippen molar-refractivity contribution in [3.8, 4) is 0 Å². The van der Waals surface area contributed by atoms with Crippen molar-refractivity contribution < 1.29 is 50.2 Å². The third-order valence-electron chi connectivity index (χ3n) is 1.65. The van der Waals surface area contributed by atoms with Crippen LogP contribution in [0.25, 0.3) is 0 Å². The predicted octanol–water partition coefficient (Wildman–Crippen LogP) is -3.75. The minimum Gasteiger partial charge on any atom is -0.412 e. The normalized spacial score (nSPS) is 11.9. The lowest BCUT2D eigenvalue weighted by atomic mass is 10.3. The molecule has 0 aromatic rings. The lowest BCUT2D eigenvalue weighted by Crippen LogP contribution is -2.29. The average molecular weight is 303 g/mol. The lowest BCUT2D eigenvalue weighted by Gasteiger charge is -2.28. The van der Waals surface area contributed by atoms with Gasteiger partial charge in [-0.3, -0.25) is 9.13 Å². The summed E-state index contributed by atoms with van der Waals surface area (Å²) in [7, 11) is -10.6. The summed E-state index contributed by atoms with van der Waals surface area (Å²) in [6.07, 6.45) is -0.856. The molecule has 0 aliphatic rings. The molecule has 0 aliphatic carbocycles. The van der Waals surface area contributed by atoms with Crippen LogP contribution in [0.2, 0.25) is 0 Å². The fourth-order valence-electron chi connectivity index (χ4n) is 0.800. The van der Waals surface area contributed by atoms with Gasteiger partial charge in [-0.25, -0.2) is 0 Å². The van der Waals surface area contributed by atoms with Crippen LogP contribution < -0.4 is 5.73 Å². The van der Waals surface area contributed by atoms with E-state index >= 15 is 0 Å². The molecule has 0 saturated carbocycles. The first-order valence-corrected chi connectivity index (χ1v) is 6.82. The molecule has 0 atom stereocenters. The van der Waals surface area contributed by atoms with Crippen molar-refractivity contribution in [2.24, 2.45) is 5.73 Å². The summed E-state index contributed by atoms with van der Waals surface area (Å²) in [5, 5.41) is 5.91. The van der Waals surface area contributed by atoms with Gasteiger partial charge in [0.05, 0.1) is 0 Å². The molecule has 0 radical (unpaired) electrons. The summed E-state index contributed by atoms with van der Waals surface area (Å²) in [5.74, 6) is 0. The van der Waals surface area contributed by atoms with Crippen molar-refractivity contribution in [2.45, 2.75) is 17.9 Å². The number of hydrogen-bond acceptors (Lipinski definition) is 4. The van der Waals surface area contributed by atoms with Gasteiger partial charge in [-0.2, -0.15) is 0 Å². The van der Waals surface area contributed by atoms with Gasteiger partial charge in [-0.05, 0) is 13.0 Å². The Bertz CT molecular complexity index is 260. The van der Waals surface area contributed by atoms with Crippen molar-refractivity contribution in [3.05, 3.63) is 0 Å². The predicted molar refractivity (Wildman–Crippen MR) is 58.2 cm³/mol. The topological polar surface area (TPSA) is 256 Å². The van der Waals surface area contributed by atoms with Gasteiger partial charge in [-0.1, -0.05) is 0 Å². The molecule has 0 unspecified atom stereocenters. The van der Waals surface area contributed by atoms with Gasteiger partial charge in [-0.15, -0.1) is 0 Å². The van der Waals surface area contributed by atoms with Crippen molar-refractivity contribution in [1.29, 1.82) is 0 Å². The van der Waals surface area contributed by atoms with Crippen LogP contribution in [0, 0.1) is 0 Å². The molecular formula is C4H19NO10P2. The summed E-state index contributed by atoms with van der Waals surface area (Å²) in [5.41, 5.74) is 5.01. The molecule has 0 saturated heterocycles. The molecule has 13 N–H and O–H groups in total. The largest absolute Gasteiger partial charge is 0.412 e. The molecule has 0 heterocycles. The smallest absolute Gasteiger partial charge is 0.369 e. The lowest BCUT2D eigenvalue weighted by molar-refractivity contribution is 0.121. The third-order valence-corrected chi connectivity index (χ3v) is 5.53. The van der Waals surface area contributed by atoms with Gasteiger partial charge in [0, 0.05) is 6.42 Å². The number of rotatable bonds is 5. The molecule has 17 heavy (non-hydrogen) atoms. The highest BCUT2D eigenvalue weighted by molar-refractivity contribution is 7.72. The van der Waals surface area contributed by atoms with E-state index in [4.69, 9.17) is 25.3 Å². The zero-order valence-electron chi connectivity index (χ0n) is 8.65. The number of hydrogen-bond donors (Lipinski definition) is 6. The maximum Gasteiger partial charge on any atom is 0.369 e. The van der Waals surface area contributed by atoms with Crippen molar-refractivity contribution in [2.75, 3.05) is 6.54 Å². The molecule has 0 rings (SSSR count). The van der Waals surface area contributed by atoms with Crippen LogP contribution in [0.5, 0.6) is 0 Å². The zero-order chi connectivity index (χ0) is 11.6. The molecular weight excluding hydrogens is 284 g/mol. The Kier molecular flexibility index (Phi) is 12.5. The number of nitrogens with two attached hydrogens (primary N) is 1. The van der Waals surface area contributed by atoms with Crippen LogP contribution in [0.15, 0.2) is 0 Å².